The second-order valence-electron chi connectivity index (χ2n) is 4.97. The number of benzene rings is 1. The van der Waals surface area contributed by atoms with Crippen LogP contribution in [0.2, 0.25) is 0 Å². The Morgan fingerprint density at radius 2 is 2.05 bits per heavy atom. The van der Waals surface area contributed by atoms with Crippen LogP contribution in [0.3, 0.4) is 0 Å². The Labute approximate surface area is 132 Å². The summed E-state index contributed by atoms with van der Waals surface area (Å²) in [6.07, 6.45) is 0. The van der Waals surface area contributed by atoms with Crippen molar-refractivity contribution < 1.29 is 14.1 Å². The highest BCUT2D eigenvalue weighted by molar-refractivity contribution is 7.99. The van der Waals surface area contributed by atoms with Gasteiger partial charge in [0.2, 0.25) is 11.7 Å². The Kier molecular flexibility index (Phi) is 4.74. The third-order valence-electron chi connectivity index (χ3n) is 3.49. The summed E-state index contributed by atoms with van der Waals surface area (Å²) >= 11 is 1.97. The number of aromatic nitrogens is 2. The first-order valence-corrected chi connectivity index (χ1v) is 8.23. The molecule has 0 saturated carbocycles. The molecule has 22 heavy (non-hydrogen) atoms. The van der Waals surface area contributed by atoms with Gasteiger partial charge >= 0.3 is 5.97 Å². The van der Waals surface area contributed by atoms with Crippen molar-refractivity contribution in [3.05, 3.63) is 35.7 Å². The topological polar surface area (TPSA) is 68.5 Å². The molecule has 2 heterocycles. The average molecular weight is 319 g/mol. The molecule has 0 bridgehead atoms. The second-order valence-corrected chi connectivity index (χ2v) is 6.19. The molecule has 0 aliphatic carbocycles. The van der Waals surface area contributed by atoms with Crippen LogP contribution in [0.1, 0.15) is 16.2 Å². The Bertz CT molecular complexity index is 636. The number of ether oxygens (including phenoxy) is 1. The molecule has 1 aromatic carbocycles. The van der Waals surface area contributed by atoms with E-state index in [9.17, 15) is 4.79 Å². The number of rotatable bonds is 4. The monoisotopic (exact) mass is 319 g/mol. The molecule has 0 unspecified atom stereocenters. The van der Waals surface area contributed by atoms with Crippen LogP contribution in [0, 0.1) is 0 Å². The molecule has 1 saturated heterocycles. The van der Waals surface area contributed by atoms with Crippen LogP contribution in [0.4, 0.5) is 0 Å². The molecule has 0 radical (unpaired) electrons. The molecule has 0 spiro atoms. The molecule has 2 aromatic rings. The van der Waals surface area contributed by atoms with Crippen molar-refractivity contribution in [2.75, 3.05) is 31.7 Å². The summed E-state index contributed by atoms with van der Waals surface area (Å²) < 4.78 is 9.99. The maximum Gasteiger partial charge on any atom is 0.337 e. The normalized spacial score (nSPS) is 15.7. The second kappa shape index (κ2) is 6.93. The van der Waals surface area contributed by atoms with E-state index in [-0.39, 0.29) is 5.97 Å². The molecular weight excluding hydrogens is 302 g/mol. The van der Waals surface area contributed by atoms with Gasteiger partial charge in [-0.2, -0.15) is 16.7 Å². The van der Waals surface area contributed by atoms with E-state index in [1.54, 1.807) is 24.3 Å². The predicted octanol–water partition coefficient (Wildman–Crippen LogP) is 2.07. The summed E-state index contributed by atoms with van der Waals surface area (Å²) in [5.41, 5.74) is 1.32. The molecule has 1 aliphatic heterocycles. The SMILES string of the molecule is COC(=O)c1ccc(-c2noc(CN3CCSCC3)n2)cc1. The smallest absolute Gasteiger partial charge is 0.337 e. The van der Waals surface area contributed by atoms with E-state index in [2.05, 4.69) is 19.8 Å². The number of esters is 1. The third-order valence-corrected chi connectivity index (χ3v) is 4.44. The fourth-order valence-corrected chi connectivity index (χ4v) is 3.24. The number of hydrogen-bond acceptors (Lipinski definition) is 7. The van der Waals surface area contributed by atoms with E-state index in [0.29, 0.717) is 23.8 Å². The minimum atomic E-state index is -0.358. The zero-order valence-electron chi connectivity index (χ0n) is 12.3. The lowest BCUT2D eigenvalue weighted by molar-refractivity contribution is 0.0601. The Balaban J connectivity index is 1.68. The molecule has 0 amide bonds. The third kappa shape index (κ3) is 3.48. The van der Waals surface area contributed by atoms with Crippen LogP contribution in [0.15, 0.2) is 28.8 Å². The van der Waals surface area contributed by atoms with Gasteiger partial charge in [-0.1, -0.05) is 17.3 Å². The van der Waals surface area contributed by atoms with Gasteiger partial charge in [-0.3, -0.25) is 4.90 Å². The van der Waals surface area contributed by atoms with Gasteiger partial charge in [-0.25, -0.2) is 4.79 Å². The van der Waals surface area contributed by atoms with Crippen molar-refractivity contribution in [1.82, 2.24) is 15.0 Å². The molecule has 0 atom stereocenters. The van der Waals surface area contributed by atoms with E-state index >= 15 is 0 Å². The largest absolute Gasteiger partial charge is 0.465 e. The fraction of sp³-hybridized carbons (Fsp3) is 0.400. The van der Waals surface area contributed by atoms with E-state index in [0.717, 1.165) is 30.2 Å². The van der Waals surface area contributed by atoms with Gasteiger partial charge in [-0.15, -0.1) is 0 Å². The number of carbonyl (C=O) groups excluding carboxylic acids is 1. The van der Waals surface area contributed by atoms with Crippen molar-refractivity contribution in [1.29, 1.82) is 0 Å². The van der Waals surface area contributed by atoms with Crippen molar-refractivity contribution >= 4 is 17.7 Å². The number of thioether (sulfide) groups is 1. The van der Waals surface area contributed by atoms with Crippen molar-refractivity contribution in [2.45, 2.75) is 6.54 Å². The summed E-state index contributed by atoms with van der Waals surface area (Å²) in [4.78, 5) is 18.1. The van der Waals surface area contributed by atoms with Crippen LogP contribution in [-0.4, -0.2) is 52.7 Å². The van der Waals surface area contributed by atoms with E-state index in [4.69, 9.17) is 4.52 Å². The zero-order chi connectivity index (χ0) is 15.4. The molecule has 1 aromatic heterocycles. The first-order valence-electron chi connectivity index (χ1n) is 7.07. The van der Waals surface area contributed by atoms with Gasteiger partial charge in [-0.05, 0) is 12.1 Å². The summed E-state index contributed by atoms with van der Waals surface area (Å²) in [7, 11) is 1.36. The highest BCUT2D eigenvalue weighted by Gasteiger charge is 2.15. The van der Waals surface area contributed by atoms with Gasteiger partial charge in [0.05, 0.1) is 19.2 Å². The van der Waals surface area contributed by atoms with Crippen LogP contribution in [0.5, 0.6) is 0 Å². The van der Waals surface area contributed by atoms with Crippen LogP contribution < -0.4 is 0 Å². The van der Waals surface area contributed by atoms with Gasteiger partial charge in [0, 0.05) is 30.2 Å². The van der Waals surface area contributed by atoms with Crippen LogP contribution >= 0.6 is 11.8 Å². The van der Waals surface area contributed by atoms with E-state index in [1.165, 1.54) is 7.11 Å². The highest BCUT2D eigenvalue weighted by atomic mass is 32.2. The van der Waals surface area contributed by atoms with Gasteiger partial charge in [0.15, 0.2) is 0 Å². The minimum Gasteiger partial charge on any atom is -0.465 e. The lowest BCUT2D eigenvalue weighted by Gasteiger charge is -2.24. The summed E-state index contributed by atoms with van der Waals surface area (Å²) in [5.74, 6) is 3.10. The summed E-state index contributed by atoms with van der Waals surface area (Å²) in [6.45, 7) is 2.79. The van der Waals surface area contributed by atoms with E-state index < -0.39 is 0 Å². The Morgan fingerprint density at radius 1 is 1.32 bits per heavy atom. The number of methoxy groups -OCH3 is 1. The maximum atomic E-state index is 11.4. The molecular formula is C15H17N3O3S. The average Bonchev–Trinajstić information content (AvgIpc) is 3.04. The lowest BCUT2D eigenvalue weighted by atomic mass is 10.1. The zero-order valence-corrected chi connectivity index (χ0v) is 13.1. The van der Waals surface area contributed by atoms with E-state index in [1.807, 2.05) is 11.8 Å². The van der Waals surface area contributed by atoms with Crippen molar-refractivity contribution in [2.24, 2.45) is 0 Å². The summed E-state index contributed by atoms with van der Waals surface area (Å²) in [5, 5.41) is 4.01. The van der Waals surface area contributed by atoms with Crippen LogP contribution in [0.25, 0.3) is 11.4 Å². The molecule has 116 valence electrons. The molecule has 3 rings (SSSR count). The molecule has 0 N–H and O–H groups in total. The molecule has 6 nitrogen and oxygen atoms in total. The number of carbonyl (C=O) groups is 1. The lowest BCUT2D eigenvalue weighted by Crippen LogP contribution is -2.32. The highest BCUT2D eigenvalue weighted by Crippen LogP contribution is 2.18. The van der Waals surface area contributed by atoms with Gasteiger partial charge in [0.25, 0.3) is 0 Å². The molecule has 1 fully saturated rings. The summed E-state index contributed by atoms with van der Waals surface area (Å²) in [6, 6.07) is 6.97. The Morgan fingerprint density at radius 3 is 2.73 bits per heavy atom. The van der Waals surface area contributed by atoms with Gasteiger partial charge < -0.3 is 9.26 Å². The fourth-order valence-electron chi connectivity index (χ4n) is 2.26. The van der Waals surface area contributed by atoms with Gasteiger partial charge in [0.1, 0.15) is 0 Å². The maximum absolute atomic E-state index is 11.4. The van der Waals surface area contributed by atoms with Crippen molar-refractivity contribution in [3.63, 3.8) is 0 Å². The van der Waals surface area contributed by atoms with Crippen LogP contribution in [-0.2, 0) is 11.3 Å². The Hall–Kier alpha value is -1.86. The number of hydrogen-bond donors (Lipinski definition) is 0. The minimum absolute atomic E-state index is 0.358. The standard InChI is InChI=1S/C15H17N3O3S/c1-20-15(19)12-4-2-11(3-5-12)14-16-13(21-17-14)10-18-6-8-22-9-7-18/h2-5H,6-10H2,1H3. The number of nitrogens with zero attached hydrogens (tertiary/aromatic N) is 3. The first kappa shape index (κ1) is 15.1. The van der Waals surface area contributed by atoms with Crippen molar-refractivity contribution in [3.8, 4) is 11.4 Å². The quantitative estimate of drug-likeness (QED) is 0.799. The predicted molar refractivity (Wildman–Crippen MR) is 83.7 cm³/mol. The molecule has 7 heteroatoms. The first-order chi connectivity index (χ1) is 10.8. The molecule has 1 aliphatic rings.